The molecule has 0 radical (unpaired) electrons. The molecule has 316 valence electrons. The van der Waals surface area contributed by atoms with Gasteiger partial charge in [-0.25, -0.2) is 9.48 Å². The molecule has 1 saturated carbocycles. The Balaban J connectivity index is 0.961. The van der Waals surface area contributed by atoms with E-state index in [0.717, 1.165) is 12.8 Å². The molecule has 2 aromatic carbocycles. The molecule has 59 heavy (non-hydrogen) atoms. The Morgan fingerprint density at radius 1 is 0.915 bits per heavy atom. The number of ether oxygens (including phenoxy) is 2. The van der Waals surface area contributed by atoms with Crippen LogP contribution in [0.2, 0.25) is 0 Å². The van der Waals surface area contributed by atoms with Crippen LogP contribution in [-0.4, -0.2) is 114 Å². The van der Waals surface area contributed by atoms with E-state index in [4.69, 9.17) is 14.0 Å². The molecule has 0 bridgehead atoms. The maximum Gasteiger partial charge on any atom is 0.355 e. The molecule has 0 spiro atoms. The predicted molar refractivity (Wildman–Crippen MR) is 217 cm³/mol. The number of hydrogen-bond donors (Lipinski definition) is 2. The van der Waals surface area contributed by atoms with Crippen molar-refractivity contribution < 1.29 is 46.9 Å². The molecule has 4 amide bonds. The Bertz CT molecular complexity index is 2140. The van der Waals surface area contributed by atoms with E-state index in [2.05, 4.69) is 10.4 Å². The highest BCUT2D eigenvalue weighted by Gasteiger charge is 2.53. The number of carbonyl (C=O) groups is 5. The van der Waals surface area contributed by atoms with Gasteiger partial charge in [0, 0.05) is 36.9 Å². The molecule has 3 aromatic rings. The van der Waals surface area contributed by atoms with Crippen LogP contribution < -0.4 is 14.9 Å². The molecule has 5 fully saturated rings. The molecular weight excluding hydrogens is 801 g/mol. The zero-order valence-corrected chi connectivity index (χ0v) is 35.1. The van der Waals surface area contributed by atoms with Gasteiger partial charge in [0.15, 0.2) is 0 Å². The van der Waals surface area contributed by atoms with Crippen molar-refractivity contribution in [3.05, 3.63) is 65.0 Å². The van der Waals surface area contributed by atoms with Crippen LogP contribution in [-0.2, 0) is 33.2 Å². The molecule has 14 nitrogen and oxygen atoms in total. The second-order valence-corrected chi connectivity index (χ2v) is 19.9. The number of thiophene rings is 1. The molecule has 5 aliphatic rings. The average Bonchev–Trinajstić information content (AvgIpc) is 3.55. The summed E-state index contributed by atoms with van der Waals surface area (Å²) in [5.74, 6) is -3.09. The number of amides is 4. The zero-order valence-electron chi connectivity index (χ0n) is 33.4. The minimum Gasteiger partial charge on any atom is -0.462 e. The maximum absolute atomic E-state index is 16.5. The van der Waals surface area contributed by atoms with Gasteiger partial charge in [-0.1, -0.05) is 24.3 Å². The van der Waals surface area contributed by atoms with Gasteiger partial charge in [0.1, 0.15) is 23.9 Å². The summed E-state index contributed by atoms with van der Waals surface area (Å²) < 4.78 is 47.9. The minimum absolute atomic E-state index is 0.0168. The fraction of sp³-hybridized carbons (Fsp3) is 0.548. The topological polar surface area (TPSA) is 164 Å². The molecule has 4 aliphatic heterocycles. The van der Waals surface area contributed by atoms with Crippen LogP contribution in [0.3, 0.4) is 0 Å². The van der Waals surface area contributed by atoms with Gasteiger partial charge in [-0.2, -0.15) is 0 Å². The summed E-state index contributed by atoms with van der Waals surface area (Å²) in [6.45, 7) is 7.57. The van der Waals surface area contributed by atoms with Crippen LogP contribution in [0.15, 0.2) is 54.6 Å². The van der Waals surface area contributed by atoms with E-state index in [-0.39, 0.29) is 41.0 Å². The number of hydrogen-bond acceptors (Lipinski definition) is 10. The molecule has 8 atom stereocenters. The third kappa shape index (κ3) is 8.78. The van der Waals surface area contributed by atoms with E-state index in [1.165, 1.54) is 42.5 Å². The molecule has 4 saturated heterocycles. The largest absolute Gasteiger partial charge is 0.462 e. The highest BCUT2D eigenvalue weighted by atomic mass is 32.1. The first-order valence-electron chi connectivity index (χ1n) is 20.6. The maximum atomic E-state index is 16.5. The lowest BCUT2D eigenvalue weighted by Gasteiger charge is -2.44. The van der Waals surface area contributed by atoms with Crippen molar-refractivity contribution in [1.82, 2.24) is 25.1 Å². The Hall–Kier alpha value is -4.37. The van der Waals surface area contributed by atoms with E-state index < -0.39 is 49.5 Å². The van der Waals surface area contributed by atoms with Gasteiger partial charge >= 0.3 is 13.5 Å². The smallest absolute Gasteiger partial charge is 0.355 e. The molecule has 1 aliphatic carbocycles. The van der Waals surface area contributed by atoms with Crippen molar-refractivity contribution in [2.45, 2.75) is 89.1 Å². The van der Waals surface area contributed by atoms with Gasteiger partial charge in [-0.05, 0) is 106 Å². The van der Waals surface area contributed by atoms with Crippen LogP contribution >= 0.6 is 18.9 Å². The van der Waals surface area contributed by atoms with Crippen molar-refractivity contribution in [3.63, 3.8) is 0 Å². The van der Waals surface area contributed by atoms with Crippen LogP contribution in [0.5, 0.6) is 5.75 Å². The lowest BCUT2D eigenvalue weighted by atomic mass is 9.96. The van der Waals surface area contributed by atoms with Crippen LogP contribution in [0.4, 0.5) is 4.39 Å². The van der Waals surface area contributed by atoms with Crippen molar-refractivity contribution in [3.8, 4) is 5.75 Å². The molecule has 2 N–H and O–H groups in total. The molecular formula is C42H51FN5O9PS. The number of esters is 1. The average molecular weight is 852 g/mol. The number of rotatable bonds is 12. The second kappa shape index (κ2) is 16.9. The number of halogens is 1. The Morgan fingerprint density at radius 3 is 2.37 bits per heavy atom. The Kier molecular flexibility index (Phi) is 11.9. The molecule has 3 unspecified atom stereocenters. The Labute approximate surface area is 346 Å². The van der Waals surface area contributed by atoms with Crippen molar-refractivity contribution in [2.75, 3.05) is 39.4 Å². The first-order valence-corrected chi connectivity index (χ1v) is 23.1. The number of fused-ring (bicyclic) bond motifs is 3. The number of carbonyl (C=O) groups excluding carboxylic acids is 5. The summed E-state index contributed by atoms with van der Waals surface area (Å²) in [6.07, 6.45) is 3.11. The molecule has 1 aromatic heterocycles. The van der Waals surface area contributed by atoms with E-state index in [1.54, 1.807) is 58.9 Å². The normalized spacial score (nSPS) is 26.4. The van der Waals surface area contributed by atoms with Gasteiger partial charge in [-0.15, -0.1) is 11.3 Å². The summed E-state index contributed by atoms with van der Waals surface area (Å²) in [5.41, 5.74) is 0.0168. The fourth-order valence-corrected chi connectivity index (χ4v) is 11.7. The predicted octanol–water partition coefficient (Wildman–Crippen LogP) is 5.28. The molecule has 17 heteroatoms. The highest BCUT2D eigenvalue weighted by Crippen LogP contribution is 2.58. The first-order chi connectivity index (χ1) is 28.3. The first kappa shape index (κ1) is 41.4. The van der Waals surface area contributed by atoms with Gasteiger partial charge in [0.2, 0.25) is 23.6 Å². The number of morpholine rings is 1. The molecule has 5 heterocycles. The third-order valence-corrected chi connectivity index (χ3v) is 15.3. The minimum atomic E-state index is -4.46. The summed E-state index contributed by atoms with van der Waals surface area (Å²) in [5, 5.41) is 6.10. The zero-order chi connectivity index (χ0) is 41.6. The number of benzene rings is 2. The summed E-state index contributed by atoms with van der Waals surface area (Å²) >= 11 is 1.18. The summed E-state index contributed by atoms with van der Waals surface area (Å²) in [6, 6.07) is 11.6. The fourth-order valence-electron chi connectivity index (χ4n) is 8.88. The van der Waals surface area contributed by atoms with Crippen LogP contribution in [0, 0.1) is 17.8 Å². The van der Waals surface area contributed by atoms with E-state index in [9.17, 15) is 28.5 Å². The van der Waals surface area contributed by atoms with E-state index >= 15 is 4.39 Å². The third-order valence-electron chi connectivity index (χ3n) is 12.1. The standard InChI is InChI=1S/C42H51FN5O9PS/c1-24(2)56-42(53)25(3)45-58(54,57-32-7-5-4-6-8-32)37(43)26-9-12-35-29(17-26)21-36(59-35)38(49)44-33-20-28-18-27(28)19-31-10-11-34(48(31)40(33)51)41(52)47-22-30(23-47)39(50)46-13-15-55-16-14-46/h4-9,12,17,21,24-25,27-28,30-31,33-34,37H,10-11,13-16,18-20,22-23H2,1-3H3,(H,44,49)(H,45,54)/t25-,27+,28-,31+,33?,34-,37?,58?/m0/s1. The van der Waals surface area contributed by atoms with Gasteiger partial charge in [-0.3, -0.25) is 28.5 Å². The summed E-state index contributed by atoms with van der Waals surface area (Å²) in [4.78, 5) is 73.3. The van der Waals surface area contributed by atoms with E-state index in [1.807, 2.05) is 0 Å². The van der Waals surface area contributed by atoms with Crippen LogP contribution in [0.1, 0.15) is 74.0 Å². The number of para-hydroxylation sites is 1. The van der Waals surface area contributed by atoms with Gasteiger partial charge < -0.3 is 34.0 Å². The quantitative estimate of drug-likeness (QED) is 0.181. The Morgan fingerprint density at radius 2 is 1.64 bits per heavy atom. The lowest BCUT2D eigenvalue weighted by Crippen LogP contribution is -2.62. The number of nitrogens with zero attached hydrogens (tertiary/aromatic N) is 3. The van der Waals surface area contributed by atoms with Crippen molar-refractivity contribution in [2.24, 2.45) is 17.8 Å². The highest BCUT2D eigenvalue weighted by molar-refractivity contribution is 7.57. The van der Waals surface area contributed by atoms with Crippen molar-refractivity contribution in [1.29, 1.82) is 0 Å². The monoisotopic (exact) mass is 851 g/mol. The van der Waals surface area contributed by atoms with Crippen molar-refractivity contribution >= 4 is 58.5 Å². The number of likely N-dealkylation sites (tertiary alicyclic amines) is 1. The second-order valence-electron chi connectivity index (χ2n) is 16.7. The van der Waals surface area contributed by atoms with Gasteiger partial charge in [0.05, 0.1) is 30.1 Å². The number of alkyl halides is 1. The van der Waals surface area contributed by atoms with Gasteiger partial charge in [0.25, 0.3) is 5.91 Å². The van der Waals surface area contributed by atoms with Crippen LogP contribution in [0.25, 0.3) is 10.1 Å². The van der Waals surface area contributed by atoms with E-state index in [0.29, 0.717) is 85.5 Å². The molecule has 8 rings (SSSR count). The lowest BCUT2D eigenvalue weighted by molar-refractivity contribution is -0.157. The summed E-state index contributed by atoms with van der Waals surface area (Å²) in [7, 11) is -4.46. The SMILES string of the molecule is CC(C)OC(=O)[C@H](C)NP(=O)(Oc1ccccc1)C(F)c1ccc2sc(C(=O)NC3C[C@@H]4C[C@@H]4C[C@H]4CC[C@@H](C(=O)N5CC(C(=O)N6CCOCC6)C5)N4C3=O)cc2c1. The number of nitrogens with one attached hydrogen (secondary N) is 2.